The van der Waals surface area contributed by atoms with Crippen molar-refractivity contribution in [2.24, 2.45) is 0 Å². The lowest BCUT2D eigenvalue weighted by Crippen LogP contribution is -2.02. The van der Waals surface area contributed by atoms with E-state index in [0.29, 0.717) is 16.1 Å². The van der Waals surface area contributed by atoms with Gasteiger partial charge in [0.15, 0.2) is 5.78 Å². The normalized spacial score (nSPS) is 10.4. The molecule has 1 nitrogen and oxygen atoms in total. The molecule has 0 aliphatic rings. The van der Waals surface area contributed by atoms with Gasteiger partial charge in [-0.2, -0.15) is 0 Å². The van der Waals surface area contributed by atoms with E-state index in [-0.39, 0.29) is 10.3 Å². The van der Waals surface area contributed by atoms with Crippen LogP contribution in [0, 0.1) is 5.82 Å². The van der Waals surface area contributed by atoms with Crippen LogP contribution in [0.4, 0.5) is 4.39 Å². The van der Waals surface area contributed by atoms with Crippen LogP contribution in [0.15, 0.2) is 45.3 Å². The predicted molar refractivity (Wildman–Crippen MR) is 76.7 cm³/mol. The van der Waals surface area contributed by atoms with E-state index in [1.54, 1.807) is 18.2 Å². The van der Waals surface area contributed by atoms with E-state index in [1.807, 2.05) is 0 Å². The van der Waals surface area contributed by atoms with Crippen molar-refractivity contribution < 1.29 is 9.18 Å². The third kappa shape index (κ3) is 2.82. The molecule has 2 rings (SSSR count). The molecule has 2 aromatic carbocycles. The number of ketones is 1. The summed E-state index contributed by atoms with van der Waals surface area (Å²) in [5.74, 6) is -0.651. The lowest BCUT2D eigenvalue weighted by Gasteiger charge is -2.05. The van der Waals surface area contributed by atoms with E-state index in [9.17, 15) is 9.18 Å². The van der Waals surface area contributed by atoms with Gasteiger partial charge in [-0.15, -0.1) is 0 Å². The molecule has 0 aliphatic heterocycles. The highest BCUT2D eigenvalue weighted by Gasteiger charge is 2.14. The van der Waals surface area contributed by atoms with Crippen molar-refractivity contribution in [2.75, 3.05) is 0 Å². The van der Waals surface area contributed by atoms with E-state index < -0.39 is 5.82 Å². The summed E-state index contributed by atoms with van der Waals surface area (Å²) in [5.41, 5.74) is 0.769. The summed E-state index contributed by atoms with van der Waals surface area (Å²) in [6, 6.07) is 9.12. The van der Waals surface area contributed by atoms with Gasteiger partial charge in [-0.25, -0.2) is 4.39 Å². The highest BCUT2D eigenvalue weighted by atomic mass is 79.9. The highest BCUT2D eigenvalue weighted by molar-refractivity contribution is 9.10. The number of rotatable bonds is 2. The fourth-order valence-corrected chi connectivity index (χ4v) is 2.60. The summed E-state index contributed by atoms with van der Waals surface area (Å²) in [4.78, 5) is 12.2. The molecule has 0 heterocycles. The zero-order chi connectivity index (χ0) is 13.3. The van der Waals surface area contributed by atoms with Gasteiger partial charge < -0.3 is 0 Å². The molecule has 18 heavy (non-hydrogen) atoms. The fourth-order valence-electron chi connectivity index (χ4n) is 1.47. The minimum Gasteiger partial charge on any atom is -0.289 e. The molecule has 0 aliphatic carbocycles. The van der Waals surface area contributed by atoms with Crippen molar-refractivity contribution in [3.05, 3.63) is 67.3 Å². The first-order valence-corrected chi connectivity index (χ1v) is 6.90. The molecule has 0 saturated carbocycles. The number of halogens is 4. The van der Waals surface area contributed by atoms with Crippen LogP contribution >= 0.6 is 43.5 Å². The summed E-state index contributed by atoms with van der Waals surface area (Å²) in [7, 11) is 0. The van der Waals surface area contributed by atoms with Gasteiger partial charge in [0, 0.05) is 15.6 Å². The fraction of sp³-hybridized carbons (Fsp3) is 0. The van der Waals surface area contributed by atoms with Crippen molar-refractivity contribution in [2.45, 2.75) is 0 Å². The van der Waals surface area contributed by atoms with Crippen LogP contribution in [0.2, 0.25) is 5.02 Å². The summed E-state index contributed by atoms with van der Waals surface area (Å²) >= 11 is 12.3. The van der Waals surface area contributed by atoms with Crippen LogP contribution in [0.25, 0.3) is 0 Å². The average molecular weight is 392 g/mol. The molecule has 92 valence electrons. The largest absolute Gasteiger partial charge is 0.289 e. The Hall–Kier alpha value is -0.710. The Balaban J connectivity index is 2.44. The third-order valence-corrected chi connectivity index (χ3v) is 3.77. The lowest BCUT2D eigenvalue weighted by atomic mass is 10.0. The maximum atomic E-state index is 13.1. The van der Waals surface area contributed by atoms with Crippen molar-refractivity contribution in [3.8, 4) is 0 Å². The van der Waals surface area contributed by atoms with Crippen LogP contribution < -0.4 is 0 Å². The molecule has 0 amide bonds. The maximum absolute atomic E-state index is 13.1. The van der Waals surface area contributed by atoms with Gasteiger partial charge in [0.2, 0.25) is 0 Å². The first kappa shape index (κ1) is 13.7. The summed E-state index contributed by atoms with van der Waals surface area (Å²) < 4.78 is 14.2. The maximum Gasteiger partial charge on any atom is 0.194 e. The number of carbonyl (C=O) groups is 1. The van der Waals surface area contributed by atoms with E-state index in [0.717, 1.165) is 4.47 Å². The average Bonchev–Trinajstić information content (AvgIpc) is 2.32. The number of hydrogen-bond donors (Lipinski definition) is 0. The Morgan fingerprint density at radius 1 is 1.11 bits per heavy atom. The number of hydrogen-bond acceptors (Lipinski definition) is 1. The highest BCUT2D eigenvalue weighted by Crippen LogP contribution is 2.25. The van der Waals surface area contributed by atoms with Crippen molar-refractivity contribution in [1.29, 1.82) is 0 Å². The standard InChI is InChI=1S/C13H6Br2ClFO/c14-8-2-3-9(11(16)6-8)13(18)7-1-4-12(17)10(15)5-7/h1-6H. The smallest absolute Gasteiger partial charge is 0.194 e. The van der Waals surface area contributed by atoms with E-state index >= 15 is 0 Å². The zero-order valence-electron chi connectivity index (χ0n) is 8.88. The predicted octanol–water partition coefficient (Wildman–Crippen LogP) is 5.24. The second kappa shape index (κ2) is 5.51. The van der Waals surface area contributed by atoms with Gasteiger partial charge in [0.25, 0.3) is 0 Å². The minimum atomic E-state index is -0.409. The minimum absolute atomic E-state index is 0.242. The molecule has 0 N–H and O–H groups in total. The Morgan fingerprint density at radius 3 is 2.44 bits per heavy atom. The van der Waals surface area contributed by atoms with Gasteiger partial charge in [0.1, 0.15) is 5.82 Å². The molecular formula is C13H6Br2ClFO. The Kier molecular flexibility index (Phi) is 4.20. The molecule has 0 spiro atoms. The quantitative estimate of drug-likeness (QED) is 0.639. The number of benzene rings is 2. The molecule has 0 fully saturated rings. The molecule has 0 saturated heterocycles. The molecule has 0 unspecified atom stereocenters. The van der Waals surface area contributed by atoms with Crippen molar-refractivity contribution >= 4 is 49.2 Å². The molecule has 0 radical (unpaired) electrons. The van der Waals surface area contributed by atoms with E-state index in [1.165, 1.54) is 18.2 Å². The van der Waals surface area contributed by atoms with Crippen LogP contribution in [0.1, 0.15) is 15.9 Å². The first-order valence-electron chi connectivity index (χ1n) is 4.94. The van der Waals surface area contributed by atoms with Gasteiger partial charge >= 0.3 is 0 Å². The van der Waals surface area contributed by atoms with Crippen molar-refractivity contribution in [3.63, 3.8) is 0 Å². The summed E-state index contributed by atoms with van der Waals surface area (Å²) in [6.07, 6.45) is 0. The molecule has 0 atom stereocenters. The zero-order valence-corrected chi connectivity index (χ0v) is 12.8. The van der Waals surface area contributed by atoms with Crippen LogP contribution in [0.5, 0.6) is 0 Å². The topological polar surface area (TPSA) is 17.1 Å². The molecule has 5 heteroatoms. The van der Waals surface area contributed by atoms with Gasteiger partial charge in [-0.3, -0.25) is 4.79 Å². The van der Waals surface area contributed by atoms with Gasteiger partial charge in [-0.1, -0.05) is 27.5 Å². The van der Waals surface area contributed by atoms with Crippen molar-refractivity contribution in [1.82, 2.24) is 0 Å². The lowest BCUT2D eigenvalue weighted by molar-refractivity contribution is 0.103. The van der Waals surface area contributed by atoms with Gasteiger partial charge in [-0.05, 0) is 52.3 Å². The third-order valence-electron chi connectivity index (χ3n) is 2.36. The summed E-state index contributed by atoms with van der Waals surface area (Å²) in [5, 5.41) is 0.356. The molecule has 0 bridgehead atoms. The number of carbonyl (C=O) groups excluding carboxylic acids is 1. The SMILES string of the molecule is O=C(c1ccc(F)c(Br)c1)c1ccc(Br)cc1Cl. The Morgan fingerprint density at radius 2 is 1.83 bits per heavy atom. The van der Waals surface area contributed by atoms with E-state index in [4.69, 9.17) is 11.6 Å². The summed E-state index contributed by atoms with van der Waals surface area (Å²) in [6.45, 7) is 0. The first-order chi connectivity index (χ1) is 8.49. The van der Waals surface area contributed by atoms with Crippen LogP contribution in [0.3, 0.4) is 0 Å². The second-order valence-electron chi connectivity index (χ2n) is 3.58. The molecule has 2 aromatic rings. The Labute approximate surface area is 125 Å². The monoisotopic (exact) mass is 390 g/mol. The van der Waals surface area contributed by atoms with Crippen LogP contribution in [-0.4, -0.2) is 5.78 Å². The Bertz CT molecular complexity index is 628. The second-order valence-corrected chi connectivity index (χ2v) is 5.76. The van der Waals surface area contributed by atoms with E-state index in [2.05, 4.69) is 31.9 Å². The van der Waals surface area contributed by atoms with Gasteiger partial charge in [0.05, 0.1) is 9.50 Å². The van der Waals surface area contributed by atoms with Crippen LogP contribution in [-0.2, 0) is 0 Å². The molecule has 0 aromatic heterocycles. The molecular weight excluding hydrogens is 386 g/mol.